The Bertz CT molecular complexity index is 336. The second kappa shape index (κ2) is 3.05. The van der Waals surface area contributed by atoms with Crippen LogP contribution in [0.15, 0.2) is 0 Å². The Morgan fingerprint density at radius 2 is 2.07 bits per heavy atom. The van der Waals surface area contributed by atoms with Crippen molar-refractivity contribution in [2.45, 2.75) is 50.6 Å². The van der Waals surface area contributed by atoms with Gasteiger partial charge in [0.2, 0.25) is 0 Å². The van der Waals surface area contributed by atoms with E-state index in [-0.39, 0.29) is 0 Å². The zero-order valence-corrected chi connectivity index (χ0v) is 8.32. The molecule has 4 heteroatoms. The normalized spacial score (nSPS) is 22.4. The molecular weight excluding hydrogens is 176 g/mol. The molecule has 4 nitrogen and oxygen atoms in total. The van der Waals surface area contributed by atoms with Crippen molar-refractivity contribution >= 4 is 0 Å². The molecule has 0 amide bonds. The highest BCUT2D eigenvalue weighted by Crippen LogP contribution is 2.42. The van der Waals surface area contributed by atoms with Crippen molar-refractivity contribution in [3.05, 3.63) is 11.4 Å². The predicted molar refractivity (Wildman–Crippen MR) is 52.8 cm³/mol. The first kappa shape index (κ1) is 8.41. The summed E-state index contributed by atoms with van der Waals surface area (Å²) in [6.07, 6.45) is 6.49. The van der Waals surface area contributed by atoms with Gasteiger partial charge in [-0.15, -0.1) is 5.10 Å². The van der Waals surface area contributed by atoms with Gasteiger partial charge >= 0.3 is 0 Å². The van der Waals surface area contributed by atoms with Gasteiger partial charge < -0.3 is 5.73 Å². The number of hydrogen-bond donors (Lipinski definition) is 1. The van der Waals surface area contributed by atoms with E-state index in [9.17, 15) is 0 Å². The van der Waals surface area contributed by atoms with Crippen molar-refractivity contribution in [3.8, 4) is 0 Å². The van der Waals surface area contributed by atoms with Crippen LogP contribution in [0, 0.1) is 0 Å². The van der Waals surface area contributed by atoms with Crippen LogP contribution < -0.4 is 5.73 Å². The van der Waals surface area contributed by atoms with Gasteiger partial charge in [-0.25, -0.2) is 4.68 Å². The van der Waals surface area contributed by atoms with Crippen LogP contribution in [0.25, 0.3) is 0 Å². The lowest BCUT2D eigenvalue weighted by atomic mass is 9.82. The van der Waals surface area contributed by atoms with Crippen LogP contribution in [0.4, 0.5) is 0 Å². The first-order valence-electron chi connectivity index (χ1n) is 5.54. The van der Waals surface area contributed by atoms with Gasteiger partial charge in [0, 0.05) is 12.5 Å². The molecule has 14 heavy (non-hydrogen) atoms. The third kappa shape index (κ3) is 1.17. The second-order valence-corrected chi connectivity index (χ2v) is 4.43. The number of nitrogens with two attached hydrogens (primary N) is 1. The van der Waals surface area contributed by atoms with Gasteiger partial charge in [0.25, 0.3) is 0 Å². The molecule has 0 bridgehead atoms. The van der Waals surface area contributed by atoms with Crippen LogP contribution >= 0.6 is 0 Å². The maximum Gasteiger partial charge on any atom is 0.0997 e. The molecule has 0 radical (unpaired) electrons. The molecular formula is C10H16N4. The smallest absolute Gasteiger partial charge is 0.0997 e. The maximum atomic E-state index is 5.69. The summed E-state index contributed by atoms with van der Waals surface area (Å²) in [5, 5.41) is 8.43. The highest BCUT2D eigenvalue weighted by molar-refractivity contribution is 5.19. The quantitative estimate of drug-likeness (QED) is 0.786. The van der Waals surface area contributed by atoms with Crippen LogP contribution in [0.5, 0.6) is 0 Å². The summed E-state index contributed by atoms with van der Waals surface area (Å²) in [4.78, 5) is 0. The molecule has 0 atom stereocenters. The van der Waals surface area contributed by atoms with E-state index in [0.717, 1.165) is 5.69 Å². The molecule has 0 spiro atoms. The summed E-state index contributed by atoms with van der Waals surface area (Å²) in [5.74, 6) is 0.698. The number of nitrogens with zero attached hydrogens (tertiary/aromatic N) is 3. The van der Waals surface area contributed by atoms with Crippen molar-refractivity contribution in [2.75, 3.05) is 0 Å². The van der Waals surface area contributed by atoms with E-state index in [0.29, 0.717) is 18.5 Å². The molecule has 2 aliphatic rings. The van der Waals surface area contributed by atoms with Crippen LogP contribution in [0.1, 0.15) is 55.5 Å². The molecule has 2 N–H and O–H groups in total. The number of rotatable bonds is 3. The van der Waals surface area contributed by atoms with Gasteiger partial charge in [-0.05, 0) is 25.7 Å². The Kier molecular flexibility index (Phi) is 1.83. The lowest BCUT2D eigenvalue weighted by Crippen LogP contribution is -2.17. The Morgan fingerprint density at radius 3 is 2.57 bits per heavy atom. The number of hydrogen-bond acceptors (Lipinski definition) is 3. The highest BCUT2D eigenvalue weighted by Gasteiger charge is 2.33. The van der Waals surface area contributed by atoms with Gasteiger partial charge in [-0.1, -0.05) is 11.6 Å². The lowest BCUT2D eigenvalue weighted by Gasteiger charge is -2.26. The van der Waals surface area contributed by atoms with Crippen LogP contribution in [0.2, 0.25) is 0 Å². The molecule has 2 aliphatic carbocycles. The predicted octanol–water partition coefficient (Wildman–Crippen LogP) is 1.34. The fourth-order valence-electron chi connectivity index (χ4n) is 2.17. The molecule has 0 saturated heterocycles. The molecule has 0 unspecified atom stereocenters. The van der Waals surface area contributed by atoms with Crippen LogP contribution in [-0.4, -0.2) is 15.0 Å². The minimum Gasteiger partial charge on any atom is -0.325 e. The van der Waals surface area contributed by atoms with Gasteiger partial charge in [-0.2, -0.15) is 0 Å². The lowest BCUT2D eigenvalue weighted by molar-refractivity contribution is 0.386. The molecule has 76 valence electrons. The minimum absolute atomic E-state index is 0.540. The zero-order chi connectivity index (χ0) is 9.54. The molecule has 3 rings (SSSR count). The van der Waals surface area contributed by atoms with Crippen molar-refractivity contribution in [1.82, 2.24) is 15.0 Å². The molecule has 1 aromatic heterocycles. The van der Waals surface area contributed by atoms with Crippen molar-refractivity contribution in [3.63, 3.8) is 0 Å². The number of aromatic nitrogens is 3. The van der Waals surface area contributed by atoms with Crippen molar-refractivity contribution in [1.29, 1.82) is 0 Å². The fourth-order valence-corrected chi connectivity index (χ4v) is 2.17. The summed E-state index contributed by atoms with van der Waals surface area (Å²) >= 11 is 0. The monoisotopic (exact) mass is 192 g/mol. The summed E-state index contributed by atoms with van der Waals surface area (Å²) < 4.78 is 2.14. The molecule has 2 saturated carbocycles. The average molecular weight is 192 g/mol. The molecule has 1 heterocycles. The summed E-state index contributed by atoms with van der Waals surface area (Å²) in [6.45, 7) is 0.540. The summed E-state index contributed by atoms with van der Waals surface area (Å²) in [5.41, 5.74) is 8.06. The molecule has 1 aromatic rings. The Morgan fingerprint density at radius 1 is 1.29 bits per heavy atom. The van der Waals surface area contributed by atoms with E-state index in [4.69, 9.17) is 5.73 Å². The largest absolute Gasteiger partial charge is 0.325 e. The summed E-state index contributed by atoms with van der Waals surface area (Å²) in [7, 11) is 0. The van der Waals surface area contributed by atoms with E-state index < -0.39 is 0 Å². The maximum absolute atomic E-state index is 5.69. The van der Waals surface area contributed by atoms with E-state index in [2.05, 4.69) is 15.0 Å². The summed E-state index contributed by atoms with van der Waals surface area (Å²) in [6, 6.07) is 0.637. The fraction of sp³-hybridized carbons (Fsp3) is 0.800. The minimum atomic E-state index is 0.540. The SMILES string of the molecule is NCc1nnn(C2CC2)c1C1CCC1. The van der Waals surface area contributed by atoms with Gasteiger partial charge in [0.1, 0.15) is 0 Å². The second-order valence-electron chi connectivity index (χ2n) is 4.43. The Balaban J connectivity index is 1.97. The average Bonchev–Trinajstić information content (AvgIpc) is 2.86. The Labute approximate surface area is 83.5 Å². The molecule has 0 aliphatic heterocycles. The van der Waals surface area contributed by atoms with E-state index in [1.165, 1.54) is 37.8 Å². The first-order chi connectivity index (χ1) is 6.90. The van der Waals surface area contributed by atoms with Crippen LogP contribution in [-0.2, 0) is 6.54 Å². The zero-order valence-electron chi connectivity index (χ0n) is 8.32. The molecule has 2 fully saturated rings. The van der Waals surface area contributed by atoms with E-state index in [1.54, 1.807) is 0 Å². The van der Waals surface area contributed by atoms with Gasteiger partial charge in [0.05, 0.1) is 17.4 Å². The first-order valence-corrected chi connectivity index (χ1v) is 5.54. The van der Waals surface area contributed by atoms with E-state index in [1.807, 2.05) is 0 Å². The molecule has 0 aromatic carbocycles. The highest BCUT2D eigenvalue weighted by atomic mass is 15.5. The van der Waals surface area contributed by atoms with Gasteiger partial charge in [-0.3, -0.25) is 0 Å². The Hall–Kier alpha value is -0.900. The van der Waals surface area contributed by atoms with Crippen molar-refractivity contribution in [2.24, 2.45) is 5.73 Å². The third-order valence-corrected chi connectivity index (χ3v) is 3.38. The van der Waals surface area contributed by atoms with Gasteiger partial charge in [0.15, 0.2) is 0 Å². The van der Waals surface area contributed by atoms with Crippen LogP contribution in [0.3, 0.4) is 0 Å². The van der Waals surface area contributed by atoms with Crippen molar-refractivity contribution < 1.29 is 0 Å². The third-order valence-electron chi connectivity index (χ3n) is 3.38. The topological polar surface area (TPSA) is 56.7 Å². The standard InChI is InChI=1S/C10H16N4/c11-6-9-10(7-2-1-3-7)14(13-12-9)8-4-5-8/h7-8H,1-6,11H2. The van der Waals surface area contributed by atoms with E-state index >= 15 is 0 Å².